The van der Waals surface area contributed by atoms with Crippen LogP contribution in [-0.2, 0) is 4.74 Å². The molecule has 3 aromatic heterocycles. The summed E-state index contributed by atoms with van der Waals surface area (Å²) in [5, 5.41) is 23.2. The first-order valence-corrected chi connectivity index (χ1v) is 12.0. The van der Waals surface area contributed by atoms with Crippen molar-refractivity contribution in [3.8, 4) is 0 Å². The van der Waals surface area contributed by atoms with E-state index >= 15 is 0 Å². The Morgan fingerprint density at radius 3 is 2.66 bits per heavy atom. The number of nitrogens with zero attached hydrogens (tertiary/aromatic N) is 4. The number of pyridine rings is 1. The summed E-state index contributed by atoms with van der Waals surface area (Å²) in [7, 11) is 3.48. The maximum Gasteiger partial charge on any atom is 0.274 e. The number of aliphatic hydroxyl groups is 1. The molecule has 1 amide bonds. The molecule has 4 N–H and O–H groups in total. The quantitative estimate of drug-likeness (QED) is 0.403. The topological polar surface area (TPSA) is 135 Å². The van der Waals surface area contributed by atoms with Crippen molar-refractivity contribution >= 4 is 28.9 Å². The molecule has 2 atom stereocenters. The predicted molar refractivity (Wildman–Crippen MR) is 131 cm³/mol. The van der Waals surface area contributed by atoms with E-state index in [-0.39, 0.29) is 29.7 Å². The van der Waals surface area contributed by atoms with Crippen LogP contribution in [0.1, 0.15) is 54.9 Å². The third-order valence-electron chi connectivity index (χ3n) is 7.13. The number of methoxy groups -OCH3 is 1. The molecule has 0 bridgehead atoms. The van der Waals surface area contributed by atoms with E-state index < -0.39 is 6.10 Å². The first-order valence-electron chi connectivity index (χ1n) is 12.0. The molecule has 11 nitrogen and oxygen atoms in total. The second-order valence-corrected chi connectivity index (χ2v) is 9.22. The maximum absolute atomic E-state index is 13.3. The van der Waals surface area contributed by atoms with E-state index in [4.69, 9.17) is 4.74 Å². The maximum atomic E-state index is 13.3. The number of aliphatic hydroxyl groups excluding tert-OH is 1. The fourth-order valence-electron chi connectivity index (χ4n) is 4.85. The molecule has 3 heterocycles. The van der Waals surface area contributed by atoms with Crippen molar-refractivity contribution < 1.29 is 14.6 Å². The van der Waals surface area contributed by atoms with E-state index in [0.29, 0.717) is 35.0 Å². The zero-order valence-electron chi connectivity index (χ0n) is 19.9. The number of carbonyl (C=O) groups is 1. The first-order chi connectivity index (χ1) is 17.0. The average Bonchev–Trinajstić information content (AvgIpc) is 3.31. The molecule has 1 unspecified atom stereocenters. The van der Waals surface area contributed by atoms with E-state index in [0.717, 1.165) is 32.1 Å². The number of amides is 1. The van der Waals surface area contributed by atoms with Gasteiger partial charge in [-0.1, -0.05) is 0 Å². The molecule has 3 aromatic rings. The van der Waals surface area contributed by atoms with Crippen molar-refractivity contribution in [1.29, 1.82) is 0 Å². The average molecular weight is 482 g/mol. The summed E-state index contributed by atoms with van der Waals surface area (Å²) in [6.45, 7) is 0. The Kier molecular flexibility index (Phi) is 6.44. The standard InChI is InChI=1S/C24H31N7O4/c1-25-21-12-20(29-22-16(13-26-31(21)22)23(33)28-17-9-10-19(17)32)27-18-4-3-11-30(24(18)34)14-5-7-15(35-2)8-6-14/h3-4,11-15,17,19,25,32H,5-10H2,1-2H3,(H,27,29)(H,28,33)/t14?,15?,17?,19-/m0/s1. The van der Waals surface area contributed by atoms with Gasteiger partial charge in [-0.3, -0.25) is 9.59 Å². The molecule has 2 saturated carbocycles. The summed E-state index contributed by atoms with van der Waals surface area (Å²) in [6, 6.07) is 5.19. The Balaban J connectivity index is 1.42. The Labute approximate surface area is 202 Å². The second-order valence-electron chi connectivity index (χ2n) is 9.22. The minimum Gasteiger partial charge on any atom is -0.391 e. The molecule has 0 saturated heterocycles. The summed E-state index contributed by atoms with van der Waals surface area (Å²) < 4.78 is 8.78. The van der Waals surface area contributed by atoms with Crippen LogP contribution in [0.2, 0.25) is 0 Å². The number of aromatic nitrogens is 4. The van der Waals surface area contributed by atoms with Crippen LogP contribution in [0.5, 0.6) is 0 Å². The smallest absolute Gasteiger partial charge is 0.274 e. The van der Waals surface area contributed by atoms with Gasteiger partial charge in [-0.15, -0.1) is 0 Å². The molecule has 186 valence electrons. The minimum atomic E-state index is -0.524. The molecular formula is C24H31N7O4. The van der Waals surface area contributed by atoms with Gasteiger partial charge >= 0.3 is 0 Å². The highest BCUT2D eigenvalue weighted by Crippen LogP contribution is 2.29. The number of carbonyl (C=O) groups excluding carboxylic acids is 1. The van der Waals surface area contributed by atoms with Gasteiger partial charge in [-0.2, -0.15) is 9.61 Å². The van der Waals surface area contributed by atoms with Gasteiger partial charge in [-0.05, 0) is 50.7 Å². The third kappa shape index (κ3) is 4.48. The Morgan fingerprint density at radius 2 is 2.00 bits per heavy atom. The molecular weight excluding hydrogens is 450 g/mol. The van der Waals surface area contributed by atoms with E-state index in [1.165, 1.54) is 10.7 Å². The summed E-state index contributed by atoms with van der Waals surface area (Å²) in [5.41, 5.74) is 0.930. The zero-order chi connectivity index (χ0) is 24.5. The van der Waals surface area contributed by atoms with Crippen molar-refractivity contribution in [3.05, 3.63) is 46.5 Å². The molecule has 0 spiro atoms. The minimum absolute atomic E-state index is 0.119. The fourth-order valence-corrected chi connectivity index (χ4v) is 4.85. The van der Waals surface area contributed by atoms with Gasteiger partial charge in [0.25, 0.3) is 11.5 Å². The monoisotopic (exact) mass is 481 g/mol. The Morgan fingerprint density at radius 1 is 1.20 bits per heavy atom. The number of ether oxygens (including phenoxy) is 1. The first kappa shape index (κ1) is 23.3. The Hall–Kier alpha value is -3.44. The fraction of sp³-hybridized carbons (Fsp3) is 0.500. The van der Waals surface area contributed by atoms with Gasteiger partial charge in [0, 0.05) is 32.5 Å². The number of hydrogen-bond acceptors (Lipinski definition) is 8. The van der Waals surface area contributed by atoms with E-state index in [1.54, 1.807) is 30.9 Å². The van der Waals surface area contributed by atoms with Crippen LogP contribution in [0.15, 0.2) is 35.4 Å². The number of nitrogens with one attached hydrogen (secondary N) is 3. The zero-order valence-corrected chi connectivity index (χ0v) is 19.9. The highest BCUT2D eigenvalue weighted by molar-refractivity contribution is 6.00. The molecule has 5 rings (SSSR count). The van der Waals surface area contributed by atoms with Crippen LogP contribution in [0.4, 0.5) is 17.3 Å². The number of hydrogen-bond donors (Lipinski definition) is 4. The van der Waals surface area contributed by atoms with Crippen LogP contribution in [-0.4, -0.2) is 62.6 Å². The van der Waals surface area contributed by atoms with Crippen molar-refractivity contribution in [1.82, 2.24) is 24.5 Å². The van der Waals surface area contributed by atoms with Crippen molar-refractivity contribution in [2.24, 2.45) is 0 Å². The molecule has 2 aliphatic carbocycles. The summed E-state index contributed by atoms with van der Waals surface area (Å²) in [4.78, 5) is 30.7. The molecule has 2 aliphatic rings. The predicted octanol–water partition coefficient (Wildman–Crippen LogP) is 2.06. The van der Waals surface area contributed by atoms with Crippen LogP contribution in [0.3, 0.4) is 0 Å². The highest BCUT2D eigenvalue weighted by Gasteiger charge is 2.31. The van der Waals surface area contributed by atoms with Gasteiger partial charge in [-0.25, -0.2) is 4.98 Å². The molecule has 35 heavy (non-hydrogen) atoms. The van der Waals surface area contributed by atoms with Crippen molar-refractivity contribution in [3.63, 3.8) is 0 Å². The number of rotatable bonds is 7. The lowest BCUT2D eigenvalue weighted by Gasteiger charge is -2.32. The summed E-state index contributed by atoms with van der Waals surface area (Å²) in [6.07, 6.45) is 8.07. The van der Waals surface area contributed by atoms with Gasteiger partial charge in [0.2, 0.25) is 0 Å². The molecule has 0 aliphatic heterocycles. The van der Waals surface area contributed by atoms with E-state index in [2.05, 4.69) is 26.0 Å². The van der Waals surface area contributed by atoms with Crippen LogP contribution in [0.25, 0.3) is 5.65 Å². The lowest BCUT2D eigenvalue weighted by molar-refractivity contribution is 0.0448. The number of fused-ring (bicyclic) bond motifs is 1. The van der Waals surface area contributed by atoms with E-state index in [1.807, 2.05) is 12.3 Å². The second kappa shape index (κ2) is 9.67. The largest absolute Gasteiger partial charge is 0.391 e. The highest BCUT2D eigenvalue weighted by atomic mass is 16.5. The van der Waals surface area contributed by atoms with Crippen molar-refractivity contribution in [2.45, 2.75) is 62.8 Å². The van der Waals surface area contributed by atoms with Crippen molar-refractivity contribution in [2.75, 3.05) is 24.8 Å². The van der Waals surface area contributed by atoms with Crippen LogP contribution < -0.4 is 21.5 Å². The lowest BCUT2D eigenvalue weighted by Crippen LogP contribution is -2.50. The van der Waals surface area contributed by atoms with Crippen LogP contribution in [0, 0.1) is 0 Å². The van der Waals surface area contributed by atoms with Gasteiger partial charge in [0.05, 0.1) is 24.4 Å². The van der Waals surface area contributed by atoms with Gasteiger partial charge < -0.3 is 30.4 Å². The normalized spacial score (nSPS) is 24.1. The number of anilines is 3. The molecule has 2 fully saturated rings. The summed E-state index contributed by atoms with van der Waals surface area (Å²) in [5.74, 6) is 0.677. The SMILES string of the molecule is CNc1cc(Nc2cccn(C3CCC(OC)CC3)c2=O)nc2c(C(=O)NC3CC[C@@H]3O)cnn12. The third-order valence-corrected chi connectivity index (χ3v) is 7.13. The van der Waals surface area contributed by atoms with Gasteiger partial charge in [0.1, 0.15) is 22.9 Å². The lowest BCUT2D eigenvalue weighted by atomic mass is 9.89. The van der Waals surface area contributed by atoms with Crippen LogP contribution >= 0.6 is 0 Å². The Bertz CT molecular complexity index is 1280. The summed E-state index contributed by atoms with van der Waals surface area (Å²) >= 11 is 0. The molecule has 0 radical (unpaired) electrons. The van der Waals surface area contributed by atoms with E-state index in [9.17, 15) is 14.7 Å². The molecule has 11 heteroatoms. The van der Waals surface area contributed by atoms with Gasteiger partial charge in [0.15, 0.2) is 5.65 Å². The molecule has 0 aromatic carbocycles.